The highest BCUT2D eigenvalue weighted by Crippen LogP contribution is 2.47. The highest BCUT2D eigenvalue weighted by Gasteiger charge is 2.44. The number of carbonyl (C=O) groups excluding carboxylic acids is 2. The molecule has 7 rings (SSSR count). The molecule has 1 saturated carbocycles. The number of benzene rings is 2. The van der Waals surface area contributed by atoms with Gasteiger partial charge in [0.05, 0.1) is 37.4 Å². The van der Waals surface area contributed by atoms with E-state index in [1.54, 1.807) is 33.4 Å². The summed E-state index contributed by atoms with van der Waals surface area (Å²) in [5.74, 6) is -0.688. The van der Waals surface area contributed by atoms with E-state index >= 15 is 0 Å². The Morgan fingerprint density at radius 2 is 1.89 bits per heavy atom. The quantitative estimate of drug-likeness (QED) is 0.322. The third-order valence-corrected chi connectivity index (χ3v) is 13.6. The summed E-state index contributed by atoms with van der Waals surface area (Å²) < 4.78 is 46.9. The zero-order valence-corrected chi connectivity index (χ0v) is 32.5. The van der Waals surface area contributed by atoms with Crippen LogP contribution in [0.25, 0.3) is 0 Å². The van der Waals surface area contributed by atoms with Gasteiger partial charge < -0.3 is 23.8 Å². The fourth-order valence-corrected chi connectivity index (χ4v) is 10.7. The fourth-order valence-electron chi connectivity index (χ4n) is 8.61. The van der Waals surface area contributed by atoms with Gasteiger partial charge >= 0.3 is 0 Å². The first-order valence-corrected chi connectivity index (χ1v) is 20.2. The number of hydrogen-bond donors (Lipinski definition) is 1. The molecular weight excluding hydrogens is 718 g/mol. The number of nitrogens with one attached hydrogen (secondary N) is 1. The molecule has 2 aliphatic heterocycles. The zero-order valence-electron chi connectivity index (χ0n) is 30.9. The first-order valence-electron chi connectivity index (χ1n) is 18.2. The molecule has 12 nitrogen and oxygen atoms in total. The summed E-state index contributed by atoms with van der Waals surface area (Å²) in [6.07, 6.45) is 9.76. The van der Waals surface area contributed by atoms with Crippen LogP contribution in [0.15, 0.2) is 59.1 Å². The van der Waals surface area contributed by atoms with Gasteiger partial charge in [0.1, 0.15) is 21.2 Å². The minimum atomic E-state index is -3.72. The molecule has 1 fully saturated rings. The number of amides is 2. The number of rotatable bonds is 5. The lowest BCUT2D eigenvalue weighted by atomic mass is 9.68. The number of ether oxygens (including phenoxy) is 4. The van der Waals surface area contributed by atoms with Crippen LogP contribution in [0.1, 0.15) is 64.4 Å². The summed E-state index contributed by atoms with van der Waals surface area (Å²) in [7, 11) is 2.63. The van der Waals surface area contributed by atoms with Crippen LogP contribution in [0.2, 0.25) is 5.02 Å². The van der Waals surface area contributed by atoms with E-state index in [1.807, 2.05) is 31.2 Å². The number of hydrogen-bond acceptors (Lipinski definition) is 9. The van der Waals surface area contributed by atoms with E-state index in [1.165, 1.54) is 29.1 Å². The van der Waals surface area contributed by atoms with Crippen molar-refractivity contribution in [3.05, 3.63) is 82.0 Å². The average molecular weight is 766 g/mol. The van der Waals surface area contributed by atoms with E-state index in [2.05, 4.69) is 31.2 Å². The van der Waals surface area contributed by atoms with Gasteiger partial charge in [0, 0.05) is 56.6 Å². The van der Waals surface area contributed by atoms with Gasteiger partial charge in [-0.25, -0.2) is 4.21 Å². The summed E-state index contributed by atoms with van der Waals surface area (Å²) in [4.78, 5) is 30.1. The molecule has 2 aromatic carbocycles. The lowest BCUT2D eigenvalue weighted by Gasteiger charge is -2.46. The molecule has 1 aromatic heterocycles. The lowest BCUT2D eigenvalue weighted by Crippen LogP contribution is -2.49. The second kappa shape index (κ2) is 15.1. The van der Waals surface area contributed by atoms with Crippen molar-refractivity contribution in [1.82, 2.24) is 14.5 Å². The van der Waals surface area contributed by atoms with Gasteiger partial charge in [-0.2, -0.15) is 0 Å². The molecule has 7 atom stereocenters. The highest BCUT2D eigenvalue weighted by molar-refractivity contribution is 7.92. The van der Waals surface area contributed by atoms with Gasteiger partial charge in [-0.1, -0.05) is 36.7 Å². The Labute approximate surface area is 316 Å². The van der Waals surface area contributed by atoms with E-state index < -0.39 is 33.8 Å². The molecule has 14 heteroatoms. The molecular formula is C39H48ClN5O7S. The molecule has 2 bridgehead atoms. The van der Waals surface area contributed by atoms with Gasteiger partial charge in [0.15, 0.2) is 0 Å². The van der Waals surface area contributed by atoms with Crippen LogP contribution in [-0.2, 0) is 38.3 Å². The summed E-state index contributed by atoms with van der Waals surface area (Å²) >= 11 is 6.46. The third kappa shape index (κ3) is 7.45. The Kier molecular flexibility index (Phi) is 10.6. The number of anilines is 1. The van der Waals surface area contributed by atoms with Crippen LogP contribution in [0.3, 0.4) is 0 Å². The molecule has 0 radical (unpaired) electrons. The summed E-state index contributed by atoms with van der Waals surface area (Å²) in [6.45, 7) is 3.76. The van der Waals surface area contributed by atoms with Gasteiger partial charge in [-0.15, -0.1) is 9.46 Å². The van der Waals surface area contributed by atoms with E-state index in [0.29, 0.717) is 24.8 Å². The topological polar surface area (TPSA) is 134 Å². The number of nitrogens with zero attached hydrogens (tertiary/aromatic N) is 4. The Morgan fingerprint density at radius 1 is 1.09 bits per heavy atom. The number of methoxy groups -OCH3 is 3. The maximum Gasteiger partial charge on any atom is 0.286 e. The first kappa shape index (κ1) is 37.4. The largest absolute Gasteiger partial charge is 0.490 e. The van der Waals surface area contributed by atoms with E-state index in [0.717, 1.165) is 49.4 Å². The molecule has 3 heterocycles. The van der Waals surface area contributed by atoms with Crippen molar-refractivity contribution >= 4 is 39.0 Å². The van der Waals surface area contributed by atoms with Crippen molar-refractivity contribution < 1.29 is 32.7 Å². The number of carbonyl (C=O) groups is 2. The van der Waals surface area contributed by atoms with Crippen LogP contribution < -0.4 is 19.1 Å². The predicted molar refractivity (Wildman–Crippen MR) is 203 cm³/mol. The van der Waals surface area contributed by atoms with Gasteiger partial charge in [-0.3, -0.25) is 19.0 Å². The maximum absolute atomic E-state index is 14.8. The predicted octanol–water partition coefficient (Wildman–Crippen LogP) is 5.77. The van der Waals surface area contributed by atoms with Crippen molar-refractivity contribution in [1.29, 1.82) is 0 Å². The minimum Gasteiger partial charge on any atom is -0.490 e. The van der Waals surface area contributed by atoms with Crippen LogP contribution in [0, 0.1) is 17.8 Å². The number of fused-ring (bicyclic) bond motifs is 4. The van der Waals surface area contributed by atoms with E-state index in [-0.39, 0.29) is 40.2 Å². The summed E-state index contributed by atoms with van der Waals surface area (Å²) in [5.41, 5.74) is 3.31. The number of aromatic nitrogens is 2. The Hall–Kier alpha value is -3.91. The molecule has 284 valence electrons. The number of halogens is 1. The SMILES string of the molecule is COc1nn(C)cc1C(=O)N[S@@]1(=O)=NC(=O)c2ccc3c(c2)N(C[C@@H]2CC[C@H]2[C@@H](OC)/C=C/[C@H](OC)[C@H](C)C1)C[C@@]1(CCCc2cc(Cl)ccc21)CO3. The van der Waals surface area contributed by atoms with Crippen LogP contribution in [-0.4, -0.2) is 84.8 Å². The Bertz CT molecular complexity index is 2040. The first-order chi connectivity index (χ1) is 25.4. The Morgan fingerprint density at radius 3 is 2.62 bits per heavy atom. The third-order valence-electron chi connectivity index (χ3n) is 11.4. The van der Waals surface area contributed by atoms with Gasteiger partial charge in [0.25, 0.3) is 11.8 Å². The van der Waals surface area contributed by atoms with Crippen molar-refractivity contribution in [3.63, 3.8) is 0 Å². The molecule has 0 unspecified atom stereocenters. The van der Waals surface area contributed by atoms with E-state index in [4.69, 9.17) is 30.5 Å². The van der Waals surface area contributed by atoms with Crippen molar-refractivity contribution in [3.8, 4) is 11.6 Å². The van der Waals surface area contributed by atoms with Crippen molar-refractivity contribution in [2.45, 2.75) is 56.7 Å². The highest BCUT2D eigenvalue weighted by atomic mass is 35.5. The Balaban J connectivity index is 1.33. The average Bonchev–Trinajstić information content (AvgIpc) is 3.44. The fraction of sp³-hybridized carbons (Fsp3) is 0.513. The smallest absolute Gasteiger partial charge is 0.286 e. The van der Waals surface area contributed by atoms with Crippen LogP contribution >= 0.6 is 11.6 Å². The van der Waals surface area contributed by atoms with Crippen molar-refractivity contribution in [2.75, 3.05) is 51.7 Å². The molecule has 1 spiro atoms. The molecule has 3 aromatic rings. The molecule has 0 saturated heterocycles. The maximum atomic E-state index is 14.8. The van der Waals surface area contributed by atoms with Crippen molar-refractivity contribution in [2.24, 2.45) is 29.2 Å². The normalized spacial score (nSPS) is 30.5. The van der Waals surface area contributed by atoms with Gasteiger partial charge in [-0.05, 0) is 91.3 Å². The number of aryl methyl sites for hydroxylation is 2. The summed E-state index contributed by atoms with van der Waals surface area (Å²) in [6, 6.07) is 11.5. The molecule has 2 amide bonds. The molecule has 4 aliphatic rings. The monoisotopic (exact) mass is 765 g/mol. The molecule has 1 N–H and O–H groups in total. The second-order valence-electron chi connectivity index (χ2n) is 14.9. The molecule has 53 heavy (non-hydrogen) atoms. The molecule has 2 aliphatic carbocycles. The van der Waals surface area contributed by atoms with Crippen LogP contribution in [0.4, 0.5) is 5.69 Å². The zero-order chi connectivity index (χ0) is 37.5. The minimum absolute atomic E-state index is 0.0606. The standard InChI is InChI=1S/C39H48ClN5O7S/c1-24-21-53(48,43-37(47)30-20-44(2)41-38(30)51-5)42-36(46)26-9-13-35-32(18-26)45(19-27-8-11-29(27)34(50-4)15-14-33(24)49-3)22-39(23-52-35)16-6-7-25-17-28(40)10-12-31(25)39/h9-10,12-15,17-18,20,24,27,29,33-34H,6-8,11,16,19,21-23H2,1-5H3,(H,42,43,46,47,48)/b15-14+/t24-,27+,29-,33+,34+,39+,53+/m1/s1. The lowest BCUT2D eigenvalue weighted by molar-refractivity contribution is 0.0120. The second-order valence-corrected chi connectivity index (χ2v) is 17.3. The summed E-state index contributed by atoms with van der Waals surface area (Å²) in [5, 5.41) is 4.88. The van der Waals surface area contributed by atoms with Gasteiger partial charge in [0.2, 0.25) is 5.88 Å². The van der Waals surface area contributed by atoms with Crippen LogP contribution in [0.5, 0.6) is 11.6 Å². The van der Waals surface area contributed by atoms with E-state index in [9.17, 15) is 13.8 Å².